The van der Waals surface area contributed by atoms with Gasteiger partial charge < -0.3 is 14.6 Å². The van der Waals surface area contributed by atoms with E-state index in [9.17, 15) is 9.59 Å². The Morgan fingerprint density at radius 3 is 2.56 bits per heavy atom. The minimum atomic E-state index is -0.272. The molecule has 2 amide bonds. The summed E-state index contributed by atoms with van der Waals surface area (Å²) in [5, 5.41) is 3.99. The lowest BCUT2D eigenvalue weighted by Gasteiger charge is -2.14. The van der Waals surface area contributed by atoms with Crippen molar-refractivity contribution in [3.05, 3.63) is 65.9 Å². The highest BCUT2D eigenvalue weighted by Gasteiger charge is 2.18. The minimum Gasteiger partial charge on any atom is -0.459 e. The molecule has 0 saturated heterocycles. The molecule has 0 unspecified atom stereocenters. The minimum absolute atomic E-state index is 0.00542. The summed E-state index contributed by atoms with van der Waals surface area (Å²) in [4.78, 5) is 26.9. The second-order valence-corrected chi connectivity index (χ2v) is 7.47. The average molecular weight is 382 g/mol. The summed E-state index contributed by atoms with van der Waals surface area (Å²) in [6, 6.07) is 16.7. The van der Waals surface area contributed by atoms with Crippen LogP contribution in [0.2, 0.25) is 0 Å². The molecule has 1 aromatic heterocycles. The van der Waals surface area contributed by atoms with Gasteiger partial charge in [0.15, 0.2) is 0 Å². The standard InChI is InChI=1S/C21H22N2O3S/c1-14(18-12-15-8-4-6-10-17(15)26-18)22-21(25)16-9-5-7-11-19(16)27-13-20(24)23(2)3/h4-12,14H,13H2,1-3H3,(H,22,25)/t14-/m1/s1. The van der Waals surface area contributed by atoms with Crippen molar-refractivity contribution in [2.24, 2.45) is 0 Å². The lowest BCUT2D eigenvalue weighted by atomic mass is 10.1. The van der Waals surface area contributed by atoms with Crippen LogP contribution in [0, 0.1) is 0 Å². The number of hydrogen-bond acceptors (Lipinski definition) is 4. The van der Waals surface area contributed by atoms with Gasteiger partial charge in [0.1, 0.15) is 11.3 Å². The van der Waals surface area contributed by atoms with E-state index in [2.05, 4.69) is 5.32 Å². The molecule has 0 bridgehead atoms. The fraction of sp³-hybridized carbons (Fsp3) is 0.238. The first-order chi connectivity index (χ1) is 13.0. The van der Waals surface area contributed by atoms with Crippen molar-refractivity contribution in [1.82, 2.24) is 10.2 Å². The number of hydrogen-bond donors (Lipinski definition) is 1. The number of nitrogens with one attached hydrogen (secondary N) is 1. The quantitative estimate of drug-likeness (QED) is 0.652. The van der Waals surface area contributed by atoms with Gasteiger partial charge >= 0.3 is 0 Å². The zero-order valence-electron chi connectivity index (χ0n) is 15.6. The third-order valence-corrected chi connectivity index (χ3v) is 5.26. The van der Waals surface area contributed by atoms with Crippen molar-refractivity contribution in [2.75, 3.05) is 19.8 Å². The van der Waals surface area contributed by atoms with Gasteiger partial charge in [-0.25, -0.2) is 0 Å². The Kier molecular flexibility index (Phi) is 5.86. The normalized spacial score (nSPS) is 12.0. The molecule has 140 valence electrons. The maximum atomic E-state index is 12.8. The molecule has 0 saturated carbocycles. The molecule has 3 rings (SSSR count). The second kappa shape index (κ2) is 8.31. The van der Waals surface area contributed by atoms with Crippen LogP contribution in [0.25, 0.3) is 11.0 Å². The van der Waals surface area contributed by atoms with Crippen molar-refractivity contribution in [3.63, 3.8) is 0 Å². The number of nitrogens with zero attached hydrogens (tertiary/aromatic N) is 1. The first kappa shape index (κ1) is 19.0. The molecule has 27 heavy (non-hydrogen) atoms. The zero-order valence-corrected chi connectivity index (χ0v) is 16.4. The van der Waals surface area contributed by atoms with Crippen LogP contribution in [-0.4, -0.2) is 36.6 Å². The van der Waals surface area contributed by atoms with Crippen LogP contribution in [0.1, 0.15) is 29.1 Å². The first-order valence-corrected chi connectivity index (χ1v) is 9.65. The number of fused-ring (bicyclic) bond motifs is 1. The maximum Gasteiger partial charge on any atom is 0.252 e. The Morgan fingerprint density at radius 1 is 1.11 bits per heavy atom. The molecule has 0 aliphatic rings. The van der Waals surface area contributed by atoms with Crippen LogP contribution < -0.4 is 5.32 Å². The predicted octanol–water partition coefficient (Wildman–Crippen LogP) is 4.10. The molecule has 0 spiro atoms. The molecule has 5 nitrogen and oxygen atoms in total. The molecule has 6 heteroatoms. The number of furan rings is 1. The molecule has 2 aromatic carbocycles. The molecule has 0 fully saturated rings. The Hall–Kier alpha value is -2.73. The Labute approximate surface area is 162 Å². The summed E-state index contributed by atoms with van der Waals surface area (Å²) in [5.41, 5.74) is 1.35. The summed E-state index contributed by atoms with van der Waals surface area (Å²) in [6.45, 7) is 1.89. The van der Waals surface area contributed by atoms with Gasteiger partial charge in [0.25, 0.3) is 5.91 Å². The van der Waals surface area contributed by atoms with Crippen LogP contribution in [0.5, 0.6) is 0 Å². The number of para-hydroxylation sites is 1. The smallest absolute Gasteiger partial charge is 0.252 e. The van der Waals surface area contributed by atoms with E-state index in [1.807, 2.05) is 55.5 Å². The van der Waals surface area contributed by atoms with Crippen molar-refractivity contribution in [3.8, 4) is 0 Å². The van der Waals surface area contributed by atoms with Crippen molar-refractivity contribution >= 4 is 34.5 Å². The highest BCUT2D eigenvalue weighted by atomic mass is 32.2. The lowest BCUT2D eigenvalue weighted by molar-refractivity contribution is -0.125. The van der Waals surface area contributed by atoms with E-state index in [-0.39, 0.29) is 23.6 Å². The Balaban J connectivity index is 1.72. The third-order valence-electron chi connectivity index (χ3n) is 4.20. The SMILES string of the molecule is C[C@@H](NC(=O)c1ccccc1SCC(=O)N(C)C)c1cc2ccccc2o1. The molecule has 0 aliphatic carbocycles. The van der Waals surface area contributed by atoms with Crippen molar-refractivity contribution in [2.45, 2.75) is 17.9 Å². The highest BCUT2D eigenvalue weighted by molar-refractivity contribution is 8.00. The Morgan fingerprint density at radius 2 is 1.81 bits per heavy atom. The molecular weight excluding hydrogens is 360 g/mol. The summed E-state index contributed by atoms with van der Waals surface area (Å²) >= 11 is 1.36. The van der Waals surface area contributed by atoms with Gasteiger partial charge in [0.2, 0.25) is 5.91 Å². The number of carbonyl (C=O) groups excluding carboxylic acids is 2. The van der Waals surface area contributed by atoms with Crippen LogP contribution in [0.15, 0.2) is 63.9 Å². The van der Waals surface area contributed by atoms with Crippen LogP contribution in [0.4, 0.5) is 0 Å². The fourth-order valence-electron chi connectivity index (χ4n) is 2.61. The van der Waals surface area contributed by atoms with Crippen LogP contribution >= 0.6 is 11.8 Å². The maximum absolute atomic E-state index is 12.8. The topological polar surface area (TPSA) is 62.6 Å². The van der Waals surface area contributed by atoms with Crippen LogP contribution in [-0.2, 0) is 4.79 Å². The van der Waals surface area contributed by atoms with Gasteiger partial charge in [-0.3, -0.25) is 9.59 Å². The van der Waals surface area contributed by atoms with E-state index in [0.717, 1.165) is 15.9 Å². The number of benzene rings is 2. The van der Waals surface area contributed by atoms with Crippen molar-refractivity contribution in [1.29, 1.82) is 0 Å². The monoisotopic (exact) mass is 382 g/mol. The summed E-state index contributed by atoms with van der Waals surface area (Å²) < 4.78 is 5.83. The largest absolute Gasteiger partial charge is 0.459 e. The molecule has 0 radical (unpaired) electrons. The van der Waals surface area contributed by atoms with E-state index in [4.69, 9.17) is 4.42 Å². The number of carbonyl (C=O) groups is 2. The van der Waals surface area contributed by atoms with Gasteiger partial charge in [-0.05, 0) is 31.2 Å². The molecule has 1 N–H and O–H groups in total. The molecular formula is C21H22N2O3S. The second-order valence-electron chi connectivity index (χ2n) is 6.45. The number of thioether (sulfide) groups is 1. The van der Waals surface area contributed by atoms with E-state index >= 15 is 0 Å². The average Bonchev–Trinajstić information content (AvgIpc) is 3.10. The van der Waals surface area contributed by atoms with Gasteiger partial charge in [0.05, 0.1) is 17.4 Å². The van der Waals surface area contributed by atoms with Gasteiger partial charge in [-0.2, -0.15) is 0 Å². The summed E-state index contributed by atoms with van der Waals surface area (Å²) in [7, 11) is 3.44. The number of amides is 2. The van der Waals surface area contributed by atoms with E-state index in [1.165, 1.54) is 11.8 Å². The first-order valence-electron chi connectivity index (χ1n) is 8.67. The highest BCUT2D eigenvalue weighted by Crippen LogP contribution is 2.26. The van der Waals surface area contributed by atoms with E-state index in [0.29, 0.717) is 11.3 Å². The van der Waals surface area contributed by atoms with Gasteiger partial charge in [-0.1, -0.05) is 30.3 Å². The molecule has 1 atom stereocenters. The molecule has 0 aliphatic heterocycles. The van der Waals surface area contributed by atoms with E-state index in [1.54, 1.807) is 25.1 Å². The number of rotatable bonds is 6. The third kappa shape index (κ3) is 4.52. The fourth-order valence-corrected chi connectivity index (χ4v) is 3.64. The zero-order chi connectivity index (χ0) is 19.4. The predicted molar refractivity (Wildman–Crippen MR) is 108 cm³/mol. The molecule has 1 heterocycles. The molecule has 3 aromatic rings. The van der Waals surface area contributed by atoms with Crippen molar-refractivity contribution < 1.29 is 14.0 Å². The summed E-state index contributed by atoms with van der Waals surface area (Å²) in [5.74, 6) is 0.808. The Bertz CT molecular complexity index is 932. The summed E-state index contributed by atoms with van der Waals surface area (Å²) in [6.07, 6.45) is 0. The van der Waals surface area contributed by atoms with Crippen LogP contribution in [0.3, 0.4) is 0 Å². The van der Waals surface area contributed by atoms with E-state index < -0.39 is 0 Å². The lowest BCUT2D eigenvalue weighted by Crippen LogP contribution is -2.27. The van der Waals surface area contributed by atoms with Gasteiger partial charge in [0, 0.05) is 24.4 Å². The van der Waals surface area contributed by atoms with Gasteiger partial charge in [-0.15, -0.1) is 11.8 Å².